The number of aliphatic carboxylic acids is 1. The zero-order chi connectivity index (χ0) is 25.1. The molecule has 7 nitrogen and oxygen atoms in total. The molecule has 0 bridgehead atoms. The first-order chi connectivity index (χ1) is 16.8. The molecule has 1 unspecified atom stereocenters. The Kier molecular flexibility index (Phi) is 7.43. The molecule has 2 aromatic carbocycles. The summed E-state index contributed by atoms with van der Waals surface area (Å²) in [6.07, 6.45) is -0.230. The first-order valence-electron chi connectivity index (χ1n) is 12.4. The summed E-state index contributed by atoms with van der Waals surface area (Å²) in [6, 6.07) is 16.4. The molecule has 4 rings (SSSR count). The monoisotopic (exact) mass is 478 g/mol. The fraction of sp³-hybridized carbons (Fsp3) is 0.464. The van der Waals surface area contributed by atoms with Crippen molar-refractivity contribution in [2.45, 2.75) is 33.1 Å². The van der Waals surface area contributed by atoms with Gasteiger partial charge in [-0.05, 0) is 40.0 Å². The van der Waals surface area contributed by atoms with Crippen LogP contribution in [0.5, 0.6) is 0 Å². The highest BCUT2D eigenvalue weighted by atomic mass is 16.5. The molecule has 2 amide bonds. The van der Waals surface area contributed by atoms with Crippen molar-refractivity contribution in [1.82, 2.24) is 10.2 Å². The second-order valence-corrected chi connectivity index (χ2v) is 10.1. The number of ether oxygens (including phenoxy) is 1. The van der Waals surface area contributed by atoms with E-state index in [2.05, 4.69) is 29.6 Å². The SMILES string of the molecule is CC(C)C(CNC(=O)OCC1c2ccccc2-c2ccccc21)CC(=O)N1C[C@H](C(=O)O)[C@@H](C)C1. The standard InChI is InChI=1S/C28H34N2O5/c1-17(2)19(12-26(31)30-14-18(3)24(15-30)27(32)33)13-29-28(34)35-16-25-22-10-6-4-8-20(22)21-9-5-7-11-23(21)25/h4-11,17-19,24-25H,12-16H2,1-3H3,(H,29,34)(H,32,33)/t18-,19?,24-/m0/s1. The summed E-state index contributed by atoms with van der Waals surface area (Å²) in [5.74, 6) is -1.40. The van der Waals surface area contributed by atoms with Crippen molar-refractivity contribution in [3.05, 3.63) is 59.7 Å². The lowest BCUT2D eigenvalue weighted by molar-refractivity contribution is -0.142. The lowest BCUT2D eigenvalue weighted by Crippen LogP contribution is -2.37. The van der Waals surface area contributed by atoms with Crippen LogP contribution in [-0.2, 0) is 14.3 Å². The number of amides is 2. The van der Waals surface area contributed by atoms with E-state index in [4.69, 9.17) is 4.74 Å². The van der Waals surface area contributed by atoms with E-state index in [1.54, 1.807) is 4.90 Å². The average molecular weight is 479 g/mol. The van der Waals surface area contributed by atoms with Crippen LogP contribution in [0.15, 0.2) is 48.5 Å². The van der Waals surface area contributed by atoms with Gasteiger partial charge in [-0.2, -0.15) is 0 Å². The van der Waals surface area contributed by atoms with Crippen LogP contribution < -0.4 is 5.32 Å². The minimum Gasteiger partial charge on any atom is -0.481 e. The van der Waals surface area contributed by atoms with Crippen LogP contribution in [-0.4, -0.2) is 54.2 Å². The van der Waals surface area contributed by atoms with Gasteiger partial charge in [0.25, 0.3) is 0 Å². The van der Waals surface area contributed by atoms with Crippen LogP contribution in [0.4, 0.5) is 4.79 Å². The van der Waals surface area contributed by atoms with E-state index in [9.17, 15) is 19.5 Å². The van der Waals surface area contributed by atoms with E-state index >= 15 is 0 Å². The maximum atomic E-state index is 12.8. The molecule has 3 atom stereocenters. The number of fused-ring (bicyclic) bond motifs is 3. The Morgan fingerprint density at radius 1 is 1.03 bits per heavy atom. The number of nitrogens with one attached hydrogen (secondary N) is 1. The quantitative estimate of drug-likeness (QED) is 0.588. The molecule has 0 radical (unpaired) electrons. The van der Waals surface area contributed by atoms with Crippen molar-refractivity contribution in [3.8, 4) is 11.1 Å². The highest BCUT2D eigenvalue weighted by molar-refractivity contribution is 5.80. The second kappa shape index (κ2) is 10.5. The number of alkyl carbamates (subject to hydrolysis) is 1. The molecule has 35 heavy (non-hydrogen) atoms. The Balaban J connectivity index is 1.30. The van der Waals surface area contributed by atoms with Gasteiger partial charge in [0, 0.05) is 32.0 Å². The number of carboxylic acid groups (broad SMARTS) is 1. The number of benzene rings is 2. The third-order valence-electron chi connectivity index (χ3n) is 7.51. The number of likely N-dealkylation sites (tertiary alicyclic amines) is 1. The summed E-state index contributed by atoms with van der Waals surface area (Å²) >= 11 is 0. The lowest BCUT2D eigenvalue weighted by Gasteiger charge is -2.24. The third-order valence-corrected chi connectivity index (χ3v) is 7.51. The third kappa shape index (κ3) is 5.34. The number of hydrogen-bond donors (Lipinski definition) is 2. The normalized spacial score (nSPS) is 19.8. The second-order valence-electron chi connectivity index (χ2n) is 10.1. The number of rotatable bonds is 8. The van der Waals surface area contributed by atoms with Crippen LogP contribution in [0, 0.1) is 23.7 Å². The van der Waals surface area contributed by atoms with E-state index in [0.29, 0.717) is 13.1 Å². The van der Waals surface area contributed by atoms with E-state index in [1.165, 1.54) is 11.1 Å². The molecule has 186 valence electrons. The number of carbonyl (C=O) groups is 3. The molecule has 2 aliphatic rings. The first kappa shape index (κ1) is 24.8. The predicted octanol–water partition coefficient (Wildman–Crippen LogP) is 4.37. The topological polar surface area (TPSA) is 95.9 Å². The molecule has 1 fully saturated rings. The van der Waals surface area contributed by atoms with E-state index in [-0.39, 0.29) is 49.2 Å². The highest BCUT2D eigenvalue weighted by Gasteiger charge is 2.37. The highest BCUT2D eigenvalue weighted by Crippen LogP contribution is 2.44. The minimum atomic E-state index is -0.856. The van der Waals surface area contributed by atoms with Gasteiger partial charge in [-0.15, -0.1) is 0 Å². The van der Waals surface area contributed by atoms with E-state index in [0.717, 1.165) is 11.1 Å². The molecule has 0 saturated carbocycles. The van der Waals surface area contributed by atoms with Crippen molar-refractivity contribution in [1.29, 1.82) is 0 Å². The van der Waals surface area contributed by atoms with Crippen molar-refractivity contribution in [2.24, 2.45) is 23.7 Å². The molecule has 2 aromatic rings. The molecule has 1 saturated heterocycles. The maximum Gasteiger partial charge on any atom is 0.407 e. The fourth-order valence-corrected chi connectivity index (χ4v) is 5.25. The Morgan fingerprint density at radius 3 is 2.17 bits per heavy atom. The summed E-state index contributed by atoms with van der Waals surface area (Å²) in [5.41, 5.74) is 4.67. The summed E-state index contributed by atoms with van der Waals surface area (Å²) < 4.78 is 5.62. The minimum absolute atomic E-state index is 0.00467. The molecule has 7 heteroatoms. The van der Waals surface area contributed by atoms with Crippen LogP contribution in [0.2, 0.25) is 0 Å². The van der Waals surface area contributed by atoms with Crippen LogP contribution in [0.3, 0.4) is 0 Å². The van der Waals surface area contributed by atoms with Gasteiger partial charge in [0.15, 0.2) is 0 Å². The predicted molar refractivity (Wildman–Crippen MR) is 133 cm³/mol. The van der Waals surface area contributed by atoms with Gasteiger partial charge in [-0.25, -0.2) is 4.79 Å². The van der Waals surface area contributed by atoms with Gasteiger partial charge in [0.05, 0.1) is 5.92 Å². The Labute approximate surface area is 206 Å². The number of nitrogens with zero attached hydrogens (tertiary/aromatic N) is 1. The zero-order valence-corrected chi connectivity index (χ0v) is 20.6. The Hall–Kier alpha value is -3.35. The first-order valence-corrected chi connectivity index (χ1v) is 12.4. The Bertz CT molecular complexity index is 1050. The summed E-state index contributed by atoms with van der Waals surface area (Å²) in [5, 5.41) is 12.2. The van der Waals surface area contributed by atoms with Gasteiger partial charge in [-0.1, -0.05) is 69.3 Å². The van der Waals surface area contributed by atoms with Crippen molar-refractivity contribution in [3.63, 3.8) is 0 Å². The number of hydrogen-bond acceptors (Lipinski definition) is 4. The van der Waals surface area contributed by atoms with Gasteiger partial charge >= 0.3 is 12.1 Å². The molecular weight excluding hydrogens is 444 g/mol. The molecule has 0 aromatic heterocycles. The summed E-state index contributed by atoms with van der Waals surface area (Å²) in [6.45, 7) is 7.18. The molecule has 1 aliphatic heterocycles. The van der Waals surface area contributed by atoms with Gasteiger partial charge < -0.3 is 20.1 Å². The smallest absolute Gasteiger partial charge is 0.407 e. The van der Waals surface area contributed by atoms with Gasteiger partial charge in [-0.3, -0.25) is 9.59 Å². The van der Waals surface area contributed by atoms with Crippen LogP contribution in [0.25, 0.3) is 11.1 Å². The molecule has 1 heterocycles. The van der Waals surface area contributed by atoms with E-state index < -0.39 is 18.0 Å². The van der Waals surface area contributed by atoms with Crippen LogP contribution in [0.1, 0.15) is 44.2 Å². The largest absolute Gasteiger partial charge is 0.481 e. The zero-order valence-electron chi connectivity index (χ0n) is 20.6. The Morgan fingerprint density at radius 2 is 1.63 bits per heavy atom. The van der Waals surface area contributed by atoms with Crippen molar-refractivity contribution < 1.29 is 24.2 Å². The van der Waals surface area contributed by atoms with E-state index in [1.807, 2.05) is 45.0 Å². The van der Waals surface area contributed by atoms with Crippen molar-refractivity contribution in [2.75, 3.05) is 26.2 Å². The van der Waals surface area contributed by atoms with Gasteiger partial charge in [0.1, 0.15) is 6.61 Å². The average Bonchev–Trinajstić information content (AvgIpc) is 3.38. The number of carbonyl (C=O) groups excluding carboxylic acids is 2. The molecule has 2 N–H and O–H groups in total. The van der Waals surface area contributed by atoms with Crippen molar-refractivity contribution >= 4 is 18.0 Å². The lowest BCUT2D eigenvalue weighted by atomic mass is 9.92. The van der Waals surface area contributed by atoms with Crippen LogP contribution >= 0.6 is 0 Å². The fourth-order valence-electron chi connectivity index (χ4n) is 5.25. The van der Waals surface area contributed by atoms with Gasteiger partial charge in [0.2, 0.25) is 5.91 Å². The molecule has 0 spiro atoms. The summed E-state index contributed by atoms with van der Waals surface area (Å²) in [7, 11) is 0. The molecule has 1 aliphatic carbocycles. The maximum absolute atomic E-state index is 12.8. The number of carboxylic acids is 1. The summed E-state index contributed by atoms with van der Waals surface area (Å²) in [4.78, 5) is 38.4. The molecular formula is C28H34N2O5.